The standard InChI is InChI=1S/C12H14ClNO4S/c1-8-3-4-9(5-10(8)13)19(16,17)14-11(15)12(2)6-18-7-12/h3-5H,6-7H2,1-2H3,(H,14,15). The van der Waals surface area contributed by atoms with Gasteiger partial charge in [0.05, 0.1) is 23.5 Å². The molecule has 1 aromatic rings. The Labute approximate surface area is 117 Å². The number of benzene rings is 1. The quantitative estimate of drug-likeness (QED) is 0.918. The number of carbonyl (C=O) groups excluding carboxylic acids is 1. The van der Waals surface area contributed by atoms with Crippen LogP contribution >= 0.6 is 11.6 Å². The van der Waals surface area contributed by atoms with E-state index in [0.717, 1.165) is 5.56 Å². The van der Waals surface area contributed by atoms with Gasteiger partial charge in [0, 0.05) is 5.02 Å². The fourth-order valence-electron chi connectivity index (χ4n) is 1.58. The summed E-state index contributed by atoms with van der Waals surface area (Å²) in [6.07, 6.45) is 0. The first-order chi connectivity index (χ1) is 8.74. The second kappa shape index (κ2) is 4.77. The van der Waals surface area contributed by atoms with Gasteiger partial charge in [-0.2, -0.15) is 0 Å². The van der Waals surface area contributed by atoms with Crippen molar-refractivity contribution in [2.45, 2.75) is 18.7 Å². The smallest absolute Gasteiger partial charge is 0.264 e. The Morgan fingerprint density at radius 3 is 2.53 bits per heavy atom. The topological polar surface area (TPSA) is 72.5 Å². The van der Waals surface area contributed by atoms with Crippen molar-refractivity contribution in [3.63, 3.8) is 0 Å². The van der Waals surface area contributed by atoms with Gasteiger partial charge < -0.3 is 4.74 Å². The molecule has 104 valence electrons. The molecule has 19 heavy (non-hydrogen) atoms. The molecule has 1 N–H and O–H groups in total. The molecule has 2 rings (SSSR count). The van der Waals surface area contributed by atoms with Gasteiger partial charge in [0.2, 0.25) is 5.91 Å². The fourth-order valence-corrected chi connectivity index (χ4v) is 2.96. The summed E-state index contributed by atoms with van der Waals surface area (Å²) >= 11 is 5.89. The van der Waals surface area contributed by atoms with Crippen molar-refractivity contribution in [2.75, 3.05) is 13.2 Å². The summed E-state index contributed by atoms with van der Waals surface area (Å²) in [6, 6.07) is 4.33. The molecule has 1 saturated heterocycles. The van der Waals surface area contributed by atoms with Crippen LogP contribution in [0, 0.1) is 12.3 Å². The monoisotopic (exact) mass is 303 g/mol. The predicted octanol–water partition coefficient (Wildman–Crippen LogP) is 1.49. The van der Waals surface area contributed by atoms with Gasteiger partial charge >= 0.3 is 0 Å². The van der Waals surface area contributed by atoms with Crippen molar-refractivity contribution in [3.8, 4) is 0 Å². The Morgan fingerprint density at radius 2 is 2.05 bits per heavy atom. The molecule has 0 saturated carbocycles. The van der Waals surface area contributed by atoms with E-state index in [1.807, 2.05) is 0 Å². The zero-order valence-electron chi connectivity index (χ0n) is 10.6. The van der Waals surface area contributed by atoms with E-state index in [2.05, 4.69) is 4.72 Å². The number of hydrogen-bond acceptors (Lipinski definition) is 4. The molecule has 0 aliphatic carbocycles. The van der Waals surface area contributed by atoms with Gasteiger partial charge in [-0.3, -0.25) is 4.79 Å². The second-order valence-corrected chi connectivity index (χ2v) is 6.99. The van der Waals surface area contributed by atoms with Crippen LogP contribution in [0.25, 0.3) is 0 Å². The van der Waals surface area contributed by atoms with Crippen LogP contribution in [0.15, 0.2) is 23.1 Å². The molecule has 7 heteroatoms. The number of aryl methyl sites for hydroxylation is 1. The lowest BCUT2D eigenvalue weighted by Crippen LogP contribution is -2.53. The molecule has 0 radical (unpaired) electrons. The number of rotatable bonds is 3. The lowest BCUT2D eigenvalue weighted by molar-refractivity contribution is -0.155. The Bertz CT molecular complexity index is 623. The number of nitrogens with one attached hydrogen (secondary N) is 1. The number of halogens is 1. The number of hydrogen-bond donors (Lipinski definition) is 1. The average molecular weight is 304 g/mol. The van der Waals surface area contributed by atoms with Crippen molar-refractivity contribution < 1.29 is 17.9 Å². The van der Waals surface area contributed by atoms with E-state index in [4.69, 9.17) is 16.3 Å². The van der Waals surface area contributed by atoms with Gasteiger partial charge in [-0.05, 0) is 31.5 Å². The molecule has 0 bridgehead atoms. The Kier molecular flexibility index (Phi) is 3.59. The number of amides is 1. The van der Waals surface area contributed by atoms with Crippen LogP contribution in [-0.2, 0) is 19.6 Å². The summed E-state index contributed by atoms with van der Waals surface area (Å²) in [5.74, 6) is -0.560. The van der Waals surface area contributed by atoms with Crippen LogP contribution < -0.4 is 4.72 Å². The van der Waals surface area contributed by atoms with E-state index in [0.29, 0.717) is 5.02 Å². The first kappa shape index (κ1) is 14.3. The SMILES string of the molecule is Cc1ccc(S(=O)(=O)NC(=O)C2(C)COC2)cc1Cl. The zero-order valence-corrected chi connectivity index (χ0v) is 12.1. The van der Waals surface area contributed by atoms with Crippen LogP contribution in [-0.4, -0.2) is 27.5 Å². The Hall–Kier alpha value is -1.11. The predicted molar refractivity (Wildman–Crippen MR) is 70.4 cm³/mol. The minimum Gasteiger partial charge on any atom is -0.379 e. The average Bonchev–Trinajstić information content (AvgIpc) is 2.28. The molecular weight excluding hydrogens is 290 g/mol. The summed E-state index contributed by atoms with van der Waals surface area (Å²) < 4.78 is 31.1. The van der Waals surface area contributed by atoms with E-state index in [1.54, 1.807) is 19.9 Å². The first-order valence-corrected chi connectivity index (χ1v) is 7.52. The minimum absolute atomic E-state index is 0.0275. The summed E-state index contributed by atoms with van der Waals surface area (Å²) in [5, 5.41) is 0.341. The third-order valence-corrected chi connectivity index (χ3v) is 4.81. The Balaban J connectivity index is 2.23. The first-order valence-electron chi connectivity index (χ1n) is 5.66. The Morgan fingerprint density at radius 1 is 1.42 bits per heavy atom. The van der Waals surface area contributed by atoms with E-state index in [1.165, 1.54) is 12.1 Å². The van der Waals surface area contributed by atoms with Crippen molar-refractivity contribution in [3.05, 3.63) is 28.8 Å². The highest BCUT2D eigenvalue weighted by atomic mass is 35.5. The van der Waals surface area contributed by atoms with Crippen molar-refractivity contribution in [2.24, 2.45) is 5.41 Å². The molecule has 0 aromatic heterocycles. The minimum atomic E-state index is -3.90. The van der Waals surface area contributed by atoms with Crippen LogP contribution in [0.1, 0.15) is 12.5 Å². The molecule has 1 amide bonds. The van der Waals surface area contributed by atoms with Crippen LogP contribution in [0.4, 0.5) is 0 Å². The van der Waals surface area contributed by atoms with Gasteiger partial charge in [-0.1, -0.05) is 17.7 Å². The highest BCUT2D eigenvalue weighted by Gasteiger charge is 2.42. The molecular formula is C12H14ClNO4S. The third kappa shape index (κ3) is 2.75. The summed E-state index contributed by atoms with van der Waals surface area (Å²) in [6.45, 7) is 3.87. The maximum Gasteiger partial charge on any atom is 0.264 e. The molecule has 1 fully saturated rings. The van der Waals surface area contributed by atoms with Crippen molar-refractivity contribution in [1.29, 1.82) is 0 Å². The molecule has 1 aromatic carbocycles. The number of carbonyl (C=O) groups is 1. The van der Waals surface area contributed by atoms with Crippen LogP contribution in [0.5, 0.6) is 0 Å². The highest BCUT2D eigenvalue weighted by molar-refractivity contribution is 7.90. The van der Waals surface area contributed by atoms with Gasteiger partial charge in [0.1, 0.15) is 0 Å². The van der Waals surface area contributed by atoms with Gasteiger partial charge in [0.15, 0.2) is 0 Å². The fraction of sp³-hybridized carbons (Fsp3) is 0.417. The third-order valence-electron chi connectivity index (χ3n) is 3.07. The molecule has 0 unspecified atom stereocenters. The highest BCUT2D eigenvalue weighted by Crippen LogP contribution is 2.27. The molecule has 1 heterocycles. The maximum atomic E-state index is 12.1. The summed E-state index contributed by atoms with van der Waals surface area (Å²) in [7, 11) is -3.90. The van der Waals surface area contributed by atoms with Gasteiger partial charge in [-0.15, -0.1) is 0 Å². The molecule has 1 aliphatic heterocycles. The maximum absolute atomic E-state index is 12.1. The molecule has 0 spiro atoms. The summed E-state index contributed by atoms with van der Waals surface area (Å²) in [4.78, 5) is 11.9. The van der Waals surface area contributed by atoms with E-state index < -0.39 is 21.3 Å². The lowest BCUT2D eigenvalue weighted by atomic mass is 9.88. The second-order valence-electron chi connectivity index (χ2n) is 4.90. The lowest BCUT2D eigenvalue weighted by Gasteiger charge is -2.35. The summed E-state index contributed by atoms with van der Waals surface area (Å²) in [5.41, 5.74) is -0.00651. The molecule has 1 aliphatic rings. The number of ether oxygens (including phenoxy) is 1. The molecule has 0 atom stereocenters. The largest absolute Gasteiger partial charge is 0.379 e. The van der Waals surface area contributed by atoms with Crippen LogP contribution in [0.2, 0.25) is 5.02 Å². The van der Waals surface area contributed by atoms with Gasteiger partial charge in [-0.25, -0.2) is 13.1 Å². The van der Waals surface area contributed by atoms with E-state index in [-0.39, 0.29) is 18.1 Å². The molecule has 5 nitrogen and oxygen atoms in total. The van der Waals surface area contributed by atoms with Crippen molar-refractivity contribution >= 4 is 27.5 Å². The van der Waals surface area contributed by atoms with E-state index in [9.17, 15) is 13.2 Å². The zero-order chi connectivity index (χ0) is 14.3. The van der Waals surface area contributed by atoms with Crippen LogP contribution in [0.3, 0.4) is 0 Å². The normalized spacial score (nSPS) is 17.6. The number of sulfonamides is 1. The van der Waals surface area contributed by atoms with E-state index >= 15 is 0 Å². The van der Waals surface area contributed by atoms with Crippen molar-refractivity contribution in [1.82, 2.24) is 4.72 Å². The van der Waals surface area contributed by atoms with Gasteiger partial charge in [0.25, 0.3) is 10.0 Å².